The molecule has 1 spiro atoms. The van der Waals surface area contributed by atoms with Crippen LogP contribution < -0.4 is 5.32 Å². The average molecular weight is 401 g/mol. The third-order valence-electron chi connectivity index (χ3n) is 5.29. The number of halogens is 2. The minimum atomic E-state index is -0.683. The van der Waals surface area contributed by atoms with E-state index in [4.69, 9.17) is 23.2 Å². The van der Waals surface area contributed by atoms with Crippen molar-refractivity contribution in [2.24, 2.45) is 5.92 Å². The lowest BCUT2D eigenvalue weighted by Crippen LogP contribution is -2.46. The van der Waals surface area contributed by atoms with Crippen molar-refractivity contribution < 1.29 is 14.7 Å². The molecular weight excluding hydrogens is 383 g/mol. The Balaban J connectivity index is 1.54. The van der Waals surface area contributed by atoms with Crippen LogP contribution in [0.4, 0.5) is 5.69 Å². The number of carbonyl (C=O) groups is 2. The SMILES string of the molecule is O=C([C@H]1CC[C@@H](O)C1)N1CC[C@@]2(C1)Sc1cc(Cl)c(Cl)cc1NC2=O. The van der Waals surface area contributed by atoms with Crippen LogP contribution in [0.1, 0.15) is 25.7 Å². The van der Waals surface area contributed by atoms with Crippen molar-refractivity contribution in [1.29, 1.82) is 0 Å². The summed E-state index contributed by atoms with van der Waals surface area (Å²) in [6.45, 7) is 0.942. The van der Waals surface area contributed by atoms with Gasteiger partial charge in [-0.3, -0.25) is 9.59 Å². The molecule has 2 aliphatic heterocycles. The Bertz CT molecular complexity index is 760. The van der Waals surface area contributed by atoms with Crippen molar-refractivity contribution in [1.82, 2.24) is 4.90 Å². The topological polar surface area (TPSA) is 69.6 Å². The van der Waals surface area contributed by atoms with E-state index in [1.165, 1.54) is 11.8 Å². The minimum Gasteiger partial charge on any atom is -0.393 e. The molecule has 0 bridgehead atoms. The van der Waals surface area contributed by atoms with E-state index in [1.54, 1.807) is 17.0 Å². The number of amides is 2. The van der Waals surface area contributed by atoms with E-state index < -0.39 is 4.75 Å². The predicted octanol–water partition coefficient (Wildman–Crippen LogP) is 3.17. The second-order valence-electron chi connectivity index (χ2n) is 6.99. The lowest BCUT2D eigenvalue weighted by molar-refractivity contribution is -0.134. The van der Waals surface area contributed by atoms with E-state index >= 15 is 0 Å². The summed E-state index contributed by atoms with van der Waals surface area (Å²) in [5.41, 5.74) is 0.665. The van der Waals surface area contributed by atoms with Gasteiger partial charge < -0.3 is 15.3 Å². The van der Waals surface area contributed by atoms with Gasteiger partial charge in [-0.15, -0.1) is 11.8 Å². The average Bonchev–Trinajstić information content (AvgIpc) is 3.18. The zero-order chi connectivity index (χ0) is 17.8. The first-order chi connectivity index (χ1) is 11.9. The maximum atomic E-state index is 12.7. The number of hydrogen-bond donors (Lipinski definition) is 2. The fourth-order valence-corrected chi connectivity index (χ4v) is 5.65. The first kappa shape index (κ1) is 17.5. The Kier molecular flexibility index (Phi) is 4.43. The van der Waals surface area contributed by atoms with Crippen LogP contribution in [0.5, 0.6) is 0 Å². The van der Waals surface area contributed by atoms with Gasteiger partial charge in [0.2, 0.25) is 11.8 Å². The number of rotatable bonds is 1. The number of hydrogen-bond acceptors (Lipinski definition) is 4. The van der Waals surface area contributed by atoms with E-state index in [1.807, 2.05) is 0 Å². The summed E-state index contributed by atoms with van der Waals surface area (Å²) in [5, 5.41) is 13.4. The normalized spacial score (nSPS) is 31.3. The summed E-state index contributed by atoms with van der Waals surface area (Å²) < 4.78 is -0.683. The highest BCUT2D eigenvalue weighted by molar-refractivity contribution is 8.01. The lowest BCUT2D eigenvalue weighted by Gasteiger charge is -2.33. The second-order valence-corrected chi connectivity index (χ2v) is 9.23. The summed E-state index contributed by atoms with van der Waals surface area (Å²) >= 11 is 13.6. The molecule has 1 saturated carbocycles. The van der Waals surface area contributed by atoms with Crippen LogP contribution in [0.15, 0.2) is 17.0 Å². The maximum absolute atomic E-state index is 12.7. The largest absolute Gasteiger partial charge is 0.393 e. The number of nitrogens with zero attached hydrogens (tertiary/aromatic N) is 1. The van der Waals surface area contributed by atoms with E-state index in [-0.39, 0.29) is 23.8 Å². The number of aliphatic hydroxyl groups excluding tert-OH is 1. The number of anilines is 1. The number of carbonyl (C=O) groups excluding carboxylic acids is 2. The highest BCUT2D eigenvalue weighted by Gasteiger charge is 2.50. The van der Waals surface area contributed by atoms with Gasteiger partial charge >= 0.3 is 0 Å². The molecule has 0 radical (unpaired) electrons. The molecular formula is C17H18Cl2N2O3S. The molecule has 8 heteroatoms. The molecule has 134 valence electrons. The monoisotopic (exact) mass is 400 g/mol. The Labute approximate surface area is 160 Å². The number of aliphatic hydroxyl groups is 1. The van der Waals surface area contributed by atoms with Crippen molar-refractivity contribution in [3.63, 3.8) is 0 Å². The van der Waals surface area contributed by atoms with Gasteiger partial charge in [-0.05, 0) is 37.8 Å². The van der Waals surface area contributed by atoms with Crippen LogP contribution in [0.3, 0.4) is 0 Å². The van der Waals surface area contributed by atoms with Crippen LogP contribution >= 0.6 is 35.0 Å². The number of nitrogens with one attached hydrogen (secondary N) is 1. The van der Waals surface area contributed by atoms with Gasteiger partial charge in [0.1, 0.15) is 4.75 Å². The quantitative estimate of drug-likeness (QED) is 0.759. The Hall–Kier alpha value is -0.950. The third-order valence-corrected chi connectivity index (χ3v) is 7.48. The van der Waals surface area contributed by atoms with E-state index in [2.05, 4.69) is 5.32 Å². The summed E-state index contributed by atoms with van der Waals surface area (Å²) in [7, 11) is 0. The number of likely N-dealkylation sites (tertiary alicyclic amines) is 1. The molecule has 4 rings (SSSR count). The molecule has 1 aromatic rings. The molecule has 25 heavy (non-hydrogen) atoms. The zero-order valence-electron chi connectivity index (χ0n) is 13.4. The highest BCUT2D eigenvalue weighted by Crippen LogP contribution is 2.49. The molecule has 2 heterocycles. The van der Waals surface area contributed by atoms with Gasteiger partial charge in [-0.1, -0.05) is 23.2 Å². The van der Waals surface area contributed by atoms with E-state index in [0.29, 0.717) is 48.1 Å². The van der Waals surface area contributed by atoms with Crippen LogP contribution in [-0.2, 0) is 9.59 Å². The molecule has 2 fully saturated rings. The lowest BCUT2D eigenvalue weighted by atomic mass is 10.1. The molecule has 2 amide bonds. The van der Waals surface area contributed by atoms with Gasteiger partial charge in [0, 0.05) is 23.9 Å². The molecule has 0 aromatic heterocycles. The van der Waals surface area contributed by atoms with Crippen molar-refractivity contribution >= 4 is 52.5 Å². The molecule has 0 unspecified atom stereocenters. The second kappa shape index (κ2) is 6.34. The Morgan fingerprint density at radius 2 is 2.08 bits per heavy atom. The third kappa shape index (κ3) is 3.03. The van der Waals surface area contributed by atoms with Crippen LogP contribution in [-0.4, -0.2) is 45.8 Å². The van der Waals surface area contributed by atoms with Crippen LogP contribution in [0.2, 0.25) is 10.0 Å². The highest BCUT2D eigenvalue weighted by atomic mass is 35.5. The fraction of sp³-hybridized carbons (Fsp3) is 0.529. The minimum absolute atomic E-state index is 0.0572. The summed E-state index contributed by atoms with van der Waals surface area (Å²) in [4.78, 5) is 28.1. The van der Waals surface area contributed by atoms with Crippen LogP contribution in [0, 0.1) is 5.92 Å². The van der Waals surface area contributed by atoms with Gasteiger partial charge in [-0.2, -0.15) is 0 Å². The molecule has 1 aromatic carbocycles. The smallest absolute Gasteiger partial charge is 0.242 e. The van der Waals surface area contributed by atoms with Gasteiger partial charge in [0.15, 0.2) is 0 Å². The van der Waals surface area contributed by atoms with Gasteiger partial charge in [0.25, 0.3) is 0 Å². The molecule has 2 N–H and O–H groups in total. The van der Waals surface area contributed by atoms with Crippen molar-refractivity contribution in [3.8, 4) is 0 Å². The maximum Gasteiger partial charge on any atom is 0.242 e. The van der Waals surface area contributed by atoms with Crippen molar-refractivity contribution in [2.45, 2.75) is 41.4 Å². The molecule has 1 saturated heterocycles. The van der Waals surface area contributed by atoms with Gasteiger partial charge in [0.05, 0.1) is 21.8 Å². The van der Waals surface area contributed by atoms with Crippen LogP contribution in [0.25, 0.3) is 0 Å². The predicted molar refractivity (Wildman–Crippen MR) is 98.2 cm³/mol. The summed E-state index contributed by atoms with van der Waals surface area (Å²) in [6.07, 6.45) is 2.15. The van der Waals surface area contributed by atoms with E-state index in [0.717, 1.165) is 11.3 Å². The molecule has 3 aliphatic rings. The van der Waals surface area contributed by atoms with Gasteiger partial charge in [-0.25, -0.2) is 0 Å². The fourth-order valence-electron chi connectivity index (χ4n) is 3.88. The summed E-state index contributed by atoms with van der Waals surface area (Å²) in [5.74, 6) is -0.158. The van der Waals surface area contributed by atoms with Crippen molar-refractivity contribution in [2.75, 3.05) is 18.4 Å². The number of fused-ring (bicyclic) bond motifs is 1. The van der Waals surface area contributed by atoms with Crippen molar-refractivity contribution in [3.05, 3.63) is 22.2 Å². The Morgan fingerprint density at radius 1 is 1.32 bits per heavy atom. The molecule has 3 atom stereocenters. The molecule has 5 nitrogen and oxygen atoms in total. The zero-order valence-corrected chi connectivity index (χ0v) is 15.8. The Morgan fingerprint density at radius 3 is 2.80 bits per heavy atom. The number of benzene rings is 1. The number of thioether (sulfide) groups is 1. The standard InChI is InChI=1S/C17H18Cl2N2O3S/c18-11-6-13-14(7-12(11)19)25-17(16(24)20-13)3-4-21(8-17)15(23)9-1-2-10(22)5-9/h6-7,9-10,22H,1-5,8H2,(H,20,24)/t9-,10+,17-/m0/s1. The first-order valence-corrected chi connectivity index (χ1v) is 9.91. The van der Waals surface area contributed by atoms with E-state index in [9.17, 15) is 14.7 Å². The molecule has 1 aliphatic carbocycles. The summed E-state index contributed by atoms with van der Waals surface area (Å²) in [6, 6.07) is 3.43. The first-order valence-electron chi connectivity index (χ1n) is 8.34.